The van der Waals surface area contributed by atoms with Crippen molar-refractivity contribution in [3.63, 3.8) is 0 Å². The number of hydrogen-bond acceptors (Lipinski definition) is 3. The third-order valence-electron chi connectivity index (χ3n) is 2.91. The van der Waals surface area contributed by atoms with E-state index in [1.807, 2.05) is 6.08 Å². The first-order valence-electron chi connectivity index (χ1n) is 6.69. The zero-order valence-corrected chi connectivity index (χ0v) is 11.8. The maximum atomic E-state index is 5.77. The third-order valence-corrected chi connectivity index (χ3v) is 2.91. The molecule has 0 amide bonds. The molecule has 1 heterocycles. The van der Waals surface area contributed by atoms with E-state index in [-0.39, 0.29) is 0 Å². The second-order valence-electron chi connectivity index (χ2n) is 4.81. The van der Waals surface area contributed by atoms with Crippen LogP contribution in [0.2, 0.25) is 0 Å². The molecule has 3 heteroatoms. The molecule has 0 unspecified atom stereocenters. The van der Waals surface area contributed by atoms with Crippen LogP contribution in [0.4, 0.5) is 5.82 Å². The van der Waals surface area contributed by atoms with Gasteiger partial charge in [-0.1, -0.05) is 19.4 Å². The Balaban J connectivity index is 3.11. The smallest absolute Gasteiger partial charge is 0.129 e. The van der Waals surface area contributed by atoms with Crippen LogP contribution >= 0.6 is 0 Å². The van der Waals surface area contributed by atoms with Crippen LogP contribution in [0.5, 0.6) is 0 Å². The molecular formula is C15H25N3. The lowest BCUT2D eigenvalue weighted by Gasteiger charge is -2.27. The first-order valence-corrected chi connectivity index (χ1v) is 6.69. The molecule has 0 saturated heterocycles. The number of nitrogens with zero attached hydrogens (tertiary/aromatic N) is 2. The second kappa shape index (κ2) is 7.17. The van der Waals surface area contributed by atoms with E-state index >= 15 is 0 Å². The largest absolute Gasteiger partial charge is 0.350 e. The van der Waals surface area contributed by atoms with Crippen molar-refractivity contribution in [2.75, 3.05) is 11.4 Å². The van der Waals surface area contributed by atoms with Crippen LogP contribution < -0.4 is 10.6 Å². The quantitative estimate of drug-likeness (QED) is 0.753. The summed E-state index contributed by atoms with van der Waals surface area (Å²) in [5.74, 6) is 1.01. The van der Waals surface area contributed by atoms with Crippen LogP contribution in [-0.4, -0.2) is 17.6 Å². The molecule has 0 aliphatic rings. The number of nitrogens with two attached hydrogens (primary N) is 1. The fourth-order valence-corrected chi connectivity index (χ4v) is 1.99. The molecule has 0 aliphatic heterocycles. The molecule has 0 radical (unpaired) electrons. The van der Waals surface area contributed by atoms with E-state index in [0.29, 0.717) is 12.6 Å². The van der Waals surface area contributed by atoms with E-state index < -0.39 is 0 Å². The number of aromatic nitrogens is 1. The highest BCUT2D eigenvalue weighted by Crippen LogP contribution is 2.18. The van der Waals surface area contributed by atoms with E-state index in [4.69, 9.17) is 10.7 Å². The van der Waals surface area contributed by atoms with Crippen LogP contribution in [0.1, 0.15) is 38.4 Å². The molecule has 0 bridgehead atoms. The van der Waals surface area contributed by atoms with E-state index in [1.54, 1.807) is 0 Å². The van der Waals surface area contributed by atoms with Gasteiger partial charge in [0.05, 0.1) is 0 Å². The van der Waals surface area contributed by atoms with Crippen LogP contribution in [0.25, 0.3) is 0 Å². The average molecular weight is 247 g/mol. The van der Waals surface area contributed by atoms with Crippen LogP contribution in [0, 0.1) is 0 Å². The minimum Gasteiger partial charge on any atom is -0.350 e. The Labute approximate surface area is 111 Å². The maximum absolute atomic E-state index is 5.77. The first kappa shape index (κ1) is 14.7. The molecule has 100 valence electrons. The normalized spacial score (nSPS) is 10.7. The van der Waals surface area contributed by atoms with Crippen molar-refractivity contribution in [1.29, 1.82) is 0 Å². The monoisotopic (exact) mass is 247 g/mol. The molecule has 0 aromatic carbocycles. The van der Waals surface area contributed by atoms with E-state index in [9.17, 15) is 0 Å². The minimum atomic E-state index is 0.401. The van der Waals surface area contributed by atoms with Crippen molar-refractivity contribution >= 4 is 5.82 Å². The standard InChI is InChI=1S/C15H25N3/c1-5-7-14-9-13(11-16)10-15(17-14)18(8-6-2)12(3)4/h6,9-10,12H,2,5,7-8,11,16H2,1,3-4H3. The van der Waals surface area contributed by atoms with Crippen molar-refractivity contribution < 1.29 is 0 Å². The second-order valence-corrected chi connectivity index (χ2v) is 4.81. The summed E-state index contributed by atoms with van der Waals surface area (Å²) in [6.45, 7) is 11.7. The van der Waals surface area contributed by atoms with Gasteiger partial charge in [-0.25, -0.2) is 4.98 Å². The number of aryl methyl sites for hydroxylation is 1. The van der Waals surface area contributed by atoms with Gasteiger partial charge in [-0.2, -0.15) is 0 Å². The van der Waals surface area contributed by atoms with Gasteiger partial charge in [0.15, 0.2) is 0 Å². The Morgan fingerprint density at radius 1 is 1.44 bits per heavy atom. The lowest BCUT2D eigenvalue weighted by molar-refractivity contribution is 0.707. The third kappa shape index (κ3) is 3.84. The van der Waals surface area contributed by atoms with Gasteiger partial charge in [-0.15, -0.1) is 6.58 Å². The van der Waals surface area contributed by atoms with Crippen LogP contribution in [0.3, 0.4) is 0 Å². The predicted molar refractivity (Wildman–Crippen MR) is 78.8 cm³/mol. The van der Waals surface area contributed by atoms with Crippen molar-refractivity contribution in [2.24, 2.45) is 5.73 Å². The highest BCUT2D eigenvalue weighted by molar-refractivity contribution is 5.44. The molecule has 0 saturated carbocycles. The van der Waals surface area contributed by atoms with Crippen LogP contribution in [0.15, 0.2) is 24.8 Å². The SMILES string of the molecule is C=CCN(c1cc(CN)cc(CCC)n1)C(C)C. The van der Waals surface area contributed by atoms with Gasteiger partial charge in [0.1, 0.15) is 5.82 Å². The summed E-state index contributed by atoms with van der Waals surface area (Å²) >= 11 is 0. The van der Waals surface area contributed by atoms with Crippen molar-refractivity contribution in [1.82, 2.24) is 4.98 Å². The summed E-state index contributed by atoms with van der Waals surface area (Å²) in [5.41, 5.74) is 8.05. The number of anilines is 1. The fraction of sp³-hybridized carbons (Fsp3) is 0.533. The van der Waals surface area contributed by atoms with Gasteiger partial charge >= 0.3 is 0 Å². The van der Waals surface area contributed by atoms with Crippen molar-refractivity contribution in [2.45, 2.75) is 46.2 Å². The molecule has 18 heavy (non-hydrogen) atoms. The number of rotatable bonds is 7. The van der Waals surface area contributed by atoms with E-state index in [1.165, 1.54) is 0 Å². The summed E-state index contributed by atoms with van der Waals surface area (Å²) in [6, 6.07) is 4.60. The Hall–Kier alpha value is -1.35. The molecule has 1 rings (SSSR count). The molecule has 3 nitrogen and oxygen atoms in total. The van der Waals surface area contributed by atoms with Gasteiger partial charge in [0, 0.05) is 24.8 Å². The molecular weight excluding hydrogens is 222 g/mol. The maximum Gasteiger partial charge on any atom is 0.129 e. The number of hydrogen-bond donors (Lipinski definition) is 1. The van der Waals surface area contributed by atoms with E-state index in [0.717, 1.165) is 36.5 Å². The topological polar surface area (TPSA) is 42.1 Å². The first-order chi connectivity index (χ1) is 8.62. The molecule has 0 aliphatic carbocycles. The van der Waals surface area contributed by atoms with E-state index in [2.05, 4.69) is 44.4 Å². The summed E-state index contributed by atoms with van der Waals surface area (Å²) in [5, 5.41) is 0. The average Bonchev–Trinajstić information content (AvgIpc) is 2.35. The summed E-state index contributed by atoms with van der Waals surface area (Å²) in [7, 11) is 0. The Morgan fingerprint density at radius 2 is 2.17 bits per heavy atom. The van der Waals surface area contributed by atoms with Gasteiger partial charge < -0.3 is 10.6 Å². The predicted octanol–water partition coefficient (Wildman–Crippen LogP) is 2.89. The lowest BCUT2D eigenvalue weighted by atomic mass is 10.1. The Bertz CT molecular complexity index is 385. The molecule has 2 N–H and O–H groups in total. The molecule has 0 atom stereocenters. The molecule has 0 spiro atoms. The summed E-state index contributed by atoms with van der Waals surface area (Å²) in [6.07, 6.45) is 4.01. The summed E-state index contributed by atoms with van der Waals surface area (Å²) < 4.78 is 0. The zero-order valence-electron chi connectivity index (χ0n) is 11.8. The summed E-state index contributed by atoms with van der Waals surface area (Å²) in [4.78, 5) is 6.98. The lowest BCUT2D eigenvalue weighted by Crippen LogP contribution is -2.32. The molecule has 1 aromatic heterocycles. The van der Waals surface area contributed by atoms with Crippen molar-refractivity contribution in [3.8, 4) is 0 Å². The number of pyridine rings is 1. The Kier molecular flexibility index (Phi) is 5.86. The molecule has 1 aromatic rings. The molecule has 0 fully saturated rings. The van der Waals surface area contributed by atoms with Gasteiger partial charge in [0.25, 0.3) is 0 Å². The van der Waals surface area contributed by atoms with Crippen molar-refractivity contribution in [3.05, 3.63) is 36.0 Å². The highest BCUT2D eigenvalue weighted by atomic mass is 15.2. The zero-order chi connectivity index (χ0) is 13.5. The van der Waals surface area contributed by atoms with Gasteiger partial charge in [-0.3, -0.25) is 0 Å². The Morgan fingerprint density at radius 3 is 2.67 bits per heavy atom. The van der Waals surface area contributed by atoms with Crippen LogP contribution in [-0.2, 0) is 13.0 Å². The highest BCUT2D eigenvalue weighted by Gasteiger charge is 2.12. The van der Waals surface area contributed by atoms with Gasteiger partial charge in [0.2, 0.25) is 0 Å². The van der Waals surface area contributed by atoms with Gasteiger partial charge in [-0.05, 0) is 38.0 Å². The minimum absolute atomic E-state index is 0.401. The fourth-order valence-electron chi connectivity index (χ4n) is 1.99.